The highest BCUT2D eigenvalue weighted by Crippen LogP contribution is 2.58. The standard InChI is InChI=1S/C19H25NO4/c1-6-8-13-12(3)16(10-15(13)21)24-18(22)17-14(19(17,4)5)11-20-23-9-7-2/h1,11,14,16-17H,7-10H2,2-5H3/b20-11+. The number of hydrogen-bond acceptors (Lipinski definition) is 5. The molecule has 5 nitrogen and oxygen atoms in total. The molecule has 1 saturated carbocycles. The minimum absolute atomic E-state index is 0.00609. The van der Waals surface area contributed by atoms with Crippen LogP contribution in [0.2, 0.25) is 0 Å². The molecule has 130 valence electrons. The number of Topliss-reactive ketones (excluding diaryl/α,β-unsaturated/α-hetero) is 1. The Balaban J connectivity index is 1.97. The van der Waals surface area contributed by atoms with Gasteiger partial charge < -0.3 is 9.57 Å². The molecule has 3 unspecified atom stereocenters. The van der Waals surface area contributed by atoms with Crippen LogP contribution in [0.3, 0.4) is 0 Å². The van der Waals surface area contributed by atoms with Crippen LogP contribution in [-0.4, -0.2) is 30.7 Å². The molecule has 0 heterocycles. The second-order valence-electron chi connectivity index (χ2n) is 7.01. The van der Waals surface area contributed by atoms with Crippen LogP contribution in [0.15, 0.2) is 16.3 Å². The second-order valence-corrected chi connectivity index (χ2v) is 7.01. The summed E-state index contributed by atoms with van der Waals surface area (Å²) in [7, 11) is 0. The Kier molecular flexibility index (Phi) is 5.48. The molecule has 0 aromatic rings. The van der Waals surface area contributed by atoms with Crippen molar-refractivity contribution in [2.24, 2.45) is 22.4 Å². The largest absolute Gasteiger partial charge is 0.457 e. The molecule has 0 amide bonds. The van der Waals surface area contributed by atoms with Crippen LogP contribution in [0.4, 0.5) is 0 Å². The number of terminal acetylenes is 1. The summed E-state index contributed by atoms with van der Waals surface area (Å²) in [6, 6.07) is 0. The second kappa shape index (κ2) is 7.21. The number of oxime groups is 1. The first-order valence-corrected chi connectivity index (χ1v) is 8.36. The van der Waals surface area contributed by atoms with E-state index in [1.807, 2.05) is 27.7 Å². The van der Waals surface area contributed by atoms with Crippen LogP contribution >= 0.6 is 0 Å². The first kappa shape index (κ1) is 18.3. The predicted molar refractivity (Wildman–Crippen MR) is 91.2 cm³/mol. The van der Waals surface area contributed by atoms with Gasteiger partial charge in [-0.3, -0.25) is 9.59 Å². The lowest BCUT2D eigenvalue weighted by Crippen LogP contribution is -2.20. The first-order valence-electron chi connectivity index (χ1n) is 8.36. The lowest BCUT2D eigenvalue weighted by atomic mass is 10.1. The summed E-state index contributed by atoms with van der Waals surface area (Å²) < 4.78 is 5.60. The monoisotopic (exact) mass is 331 g/mol. The first-order chi connectivity index (χ1) is 11.3. The average molecular weight is 331 g/mol. The molecule has 0 radical (unpaired) electrons. The molecule has 2 rings (SSSR count). The van der Waals surface area contributed by atoms with Crippen LogP contribution in [0.25, 0.3) is 0 Å². The van der Waals surface area contributed by atoms with E-state index < -0.39 is 6.10 Å². The Morgan fingerprint density at radius 1 is 1.50 bits per heavy atom. The number of ether oxygens (including phenoxy) is 1. The Bertz CT molecular complexity index is 624. The highest BCUT2D eigenvalue weighted by Gasteiger charge is 2.62. The van der Waals surface area contributed by atoms with Gasteiger partial charge in [-0.2, -0.15) is 0 Å². The molecule has 2 aliphatic rings. The van der Waals surface area contributed by atoms with Crippen molar-refractivity contribution in [2.75, 3.05) is 6.61 Å². The molecule has 0 N–H and O–H groups in total. The summed E-state index contributed by atoms with van der Waals surface area (Å²) in [6.45, 7) is 8.38. The average Bonchev–Trinajstić information content (AvgIpc) is 2.98. The molecule has 2 aliphatic carbocycles. The van der Waals surface area contributed by atoms with Crippen LogP contribution in [-0.2, 0) is 19.2 Å². The third kappa shape index (κ3) is 3.53. The molecular weight excluding hydrogens is 306 g/mol. The zero-order valence-corrected chi connectivity index (χ0v) is 14.8. The van der Waals surface area contributed by atoms with Gasteiger partial charge in [0.05, 0.1) is 12.3 Å². The van der Waals surface area contributed by atoms with Crippen molar-refractivity contribution in [1.29, 1.82) is 0 Å². The number of ketones is 1. The fraction of sp³-hybridized carbons (Fsp3) is 0.632. The van der Waals surface area contributed by atoms with Gasteiger partial charge in [0.25, 0.3) is 0 Å². The molecule has 0 aliphatic heterocycles. The van der Waals surface area contributed by atoms with Crippen molar-refractivity contribution in [3.05, 3.63) is 11.1 Å². The summed E-state index contributed by atoms with van der Waals surface area (Å²) in [5, 5.41) is 3.93. The predicted octanol–water partition coefficient (Wildman–Crippen LogP) is 2.90. The van der Waals surface area contributed by atoms with Crippen molar-refractivity contribution in [3.8, 4) is 12.3 Å². The lowest BCUT2D eigenvalue weighted by Gasteiger charge is -2.13. The topological polar surface area (TPSA) is 65.0 Å². The molecule has 0 aromatic carbocycles. The van der Waals surface area contributed by atoms with Crippen LogP contribution < -0.4 is 0 Å². The molecule has 24 heavy (non-hydrogen) atoms. The zero-order chi connectivity index (χ0) is 17.9. The van der Waals surface area contributed by atoms with E-state index in [0.717, 1.165) is 12.0 Å². The number of esters is 1. The van der Waals surface area contributed by atoms with Crippen LogP contribution in [0.1, 0.15) is 47.0 Å². The fourth-order valence-electron chi connectivity index (χ4n) is 3.20. The maximum absolute atomic E-state index is 12.5. The van der Waals surface area contributed by atoms with Gasteiger partial charge in [0, 0.05) is 24.1 Å². The van der Waals surface area contributed by atoms with Crippen LogP contribution in [0.5, 0.6) is 0 Å². The number of allylic oxidation sites excluding steroid dienone is 1. The van der Waals surface area contributed by atoms with Crippen molar-refractivity contribution < 1.29 is 19.2 Å². The Morgan fingerprint density at radius 2 is 2.21 bits per heavy atom. The maximum atomic E-state index is 12.5. The lowest BCUT2D eigenvalue weighted by molar-refractivity contribution is -0.150. The normalized spacial score (nSPS) is 28.1. The molecule has 1 fully saturated rings. The molecular formula is C19H25NO4. The van der Waals surface area contributed by atoms with E-state index in [4.69, 9.17) is 16.0 Å². The quantitative estimate of drug-likeness (QED) is 0.236. The van der Waals surface area contributed by atoms with Crippen molar-refractivity contribution >= 4 is 18.0 Å². The van der Waals surface area contributed by atoms with E-state index in [1.54, 1.807) is 6.21 Å². The molecule has 0 bridgehead atoms. The fourth-order valence-corrected chi connectivity index (χ4v) is 3.20. The molecule has 0 aromatic heterocycles. The summed E-state index contributed by atoms with van der Waals surface area (Å²) in [4.78, 5) is 29.6. The Morgan fingerprint density at radius 3 is 2.83 bits per heavy atom. The van der Waals surface area contributed by atoms with E-state index in [0.29, 0.717) is 12.2 Å². The van der Waals surface area contributed by atoms with E-state index in [-0.39, 0.29) is 41.8 Å². The number of carbonyl (C=O) groups is 2. The molecule has 0 saturated heterocycles. The van der Waals surface area contributed by atoms with Crippen molar-refractivity contribution in [3.63, 3.8) is 0 Å². The van der Waals surface area contributed by atoms with Gasteiger partial charge >= 0.3 is 5.97 Å². The molecule has 3 atom stereocenters. The van der Waals surface area contributed by atoms with E-state index in [9.17, 15) is 9.59 Å². The Hall–Kier alpha value is -2.09. The van der Waals surface area contributed by atoms with Gasteiger partial charge in [-0.1, -0.05) is 25.9 Å². The van der Waals surface area contributed by atoms with E-state index >= 15 is 0 Å². The van der Waals surface area contributed by atoms with Gasteiger partial charge in [-0.25, -0.2) is 0 Å². The zero-order valence-electron chi connectivity index (χ0n) is 14.8. The summed E-state index contributed by atoms with van der Waals surface area (Å²) in [6.07, 6.45) is 7.86. The van der Waals surface area contributed by atoms with Gasteiger partial charge in [-0.15, -0.1) is 12.3 Å². The van der Waals surface area contributed by atoms with Gasteiger partial charge in [0.1, 0.15) is 12.7 Å². The molecule has 5 heteroatoms. The van der Waals surface area contributed by atoms with Gasteiger partial charge in [-0.05, 0) is 24.3 Å². The van der Waals surface area contributed by atoms with E-state index in [1.165, 1.54) is 0 Å². The summed E-state index contributed by atoms with van der Waals surface area (Å²) in [5.41, 5.74) is 1.18. The third-order valence-corrected chi connectivity index (χ3v) is 4.96. The van der Waals surface area contributed by atoms with Gasteiger partial charge in [0.2, 0.25) is 0 Å². The highest BCUT2D eigenvalue weighted by molar-refractivity contribution is 6.00. The van der Waals surface area contributed by atoms with Crippen molar-refractivity contribution in [1.82, 2.24) is 0 Å². The smallest absolute Gasteiger partial charge is 0.310 e. The number of nitrogens with zero attached hydrogens (tertiary/aromatic N) is 1. The minimum Gasteiger partial charge on any atom is -0.457 e. The van der Waals surface area contributed by atoms with Gasteiger partial charge in [0.15, 0.2) is 5.78 Å². The van der Waals surface area contributed by atoms with Crippen molar-refractivity contribution in [2.45, 2.75) is 53.1 Å². The SMILES string of the molecule is C#CCC1=C(C)C(OC(=O)C2C(/C=N/OCCC)C2(C)C)CC1=O. The third-order valence-electron chi connectivity index (χ3n) is 4.96. The highest BCUT2D eigenvalue weighted by atomic mass is 16.6. The minimum atomic E-state index is -0.487. The van der Waals surface area contributed by atoms with E-state index in [2.05, 4.69) is 11.1 Å². The number of carbonyl (C=O) groups excluding carboxylic acids is 2. The Labute approximate surface area is 143 Å². The van der Waals surface area contributed by atoms with Crippen LogP contribution in [0, 0.1) is 29.6 Å². The summed E-state index contributed by atoms with van der Waals surface area (Å²) in [5.74, 6) is 1.91. The number of hydrogen-bond donors (Lipinski definition) is 0. The summed E-state index contributed by atoms with van der Waals surface area (Å²) >= 11 is 0. The number of rotatable bonds is 7. The maximum Gasteiger partial charge on any atom is 0.310 e. The molecule has 0 spiro atoms.